The molecule has 5 heteroatoms. The Morgan fingerprint density at radius 1 is 1.44 bits per heavy atom. The summed E-state index contributed by atoms with van der Waals surface area (Å²) in [6.07, 6.45) is 4.93. The summed E-state index contributed by atoms with van der Waals surface area (Å²) >= 11 is 1.72. The summed E-state index contributed by atoms with van der Waals surface area (Å²) in [6, 6.07) is 2.16. The van der Waals surface area contributed by atoms with Crippen LogP contribution < -0.4 is 10.1 Å². The van der Waals surface area contributed by atoms with Gasteiger partial charge in [0.2, 0.25) is 11.8 Å². The fourth-order valence-electron chi connectivity index (χ4n) is 1.97. The van der Waals surface area contributed by atoms with Gasteiger partial charge in [-0.05, 0) is 31.7 Å². The maximum atomic E-state index is 5.98. The summed E-state index contributed by atoms with van der Waals surface area (Å²) in [6.45, 7) is 2.16. The highest BCUT2D eigenvalue weighted by molar-refractivity contribution is 7.18. The highest BCUT2D eigenvalue weighted by atomic mass is 32.1. The van der Waals surface area contributed by atoms with Crippen molar-refractivity contribution in [2.24, 2.45) is 0 Å². The summed E-state index contributed by atoms with van der Waals surface area (Å²) in [5, 5.41) is 4.06. The lowest BCUT2D eigenvalue weighted by Crippen LogP contribution is -2.25. The van der Waals surface area contributed by atoms with Gasteiger partial charge in [0.1, 0.15) is 10.9 Å². The van der Waals surface area contributed by atoms with E-state index >= 15 is 0 Å². The van der Waals surface area contributed by atoms with Crippen LogP contribution in [0.25, 0.3) is 10.2 Å². The number of aryl methyl sites for hydroxylation is 1. The zero-order valence-corrected chi connectivity index (χ0v) is 11.5. The van der Waals surface area contributed by atoms with Crippen LogP contribution in [0.1, 0.15) is 31.1 Å². The smallest absolute Gasteiger partial charge is 0.227 e. The molecule has 2 heterocycles. The average molecular weight is 263 g/mol. The van der Waals surface area contributed by atoms with Gasteiger partial charge < -0.3 is 10.1 Å². The molecule has 1 N–H and O–H groups in total. The van der Waals surface area contributed by atoms with E-state index in [4.69, 9.17) is 4.74 Å². The lowest BCUT2D eigenvalue weighted by molar-refractivity contribution is 0.117. The number of aromatic nitrogens is 2. The van der Waals surface area contributed by atoms with Gasteiger partial charge in [-0.3, -0.25) is 0 Å². The Labute approximate surface area is 110 Å². The van der Waals surface area contributed by atoms with Gasteiger partial charge in [0.25, 0.3) is 0 Å². The number of anilines is 1. The van der Waals surface area contributed by atoms with Crippen molar-refractivity contribution < 1.29 is 4.74 Å². The van der Waals surface area contributed by atoms with Gasteiger partial charge >= 0.3 is 0 Å². The maximum absolute atomic E-state index is 5.98. The molecule has 1 aliphatic carbocycles. The molecular weight excluding hydrogens is 246 g/mol. The van der Waals surface area contributed by atoms with E-state index in [1.165, 1.54) is 11.3 Å². The van der Waals surface area contributed by atoms with Crippen molar-refractivity contribution in [3.05, 3.63) is 10.9 Å². The van der Waals surface area contributed by atoms with E-state index < -0.39 is 0 Å². The quantitative estimate of drug-likeness (QED) is 0.920. The highest BCUT2D eigenvalue weighted by Gasteiger charge is 2.22. The molecule has 3 rings (SSSR count). The van der Waals surface area contributed by atoms with Crippen LogP contribution in [0.15, 0.2) is 6.07 Å². The fraction of sp³-hybridized carbons (Fsp3) is 0.538. The number of nitrogens with one attached hydrogen (secondary N) is 1. The maximum Gasteiger partial charge on any atom is 0.227 e. The highest BCUT2D eigenvalue weighted by Crippen LogP contribution is 2.34. The second-order valence-electron chi connectivity index (χ2n) is 4.56. The Balaban J connectivity index is 2.04. The van der Waals surface area contributed by atoms with Gasteiger partial charge in [-0.25, -0.2) is 4.98 Å². The molecule has 0 unspecified atom stereocenters. The summed E-state index contributed by atoms with van der Waals surface area (Å²) in [7, 11) is 1.84. The number of nitrogens with zero attached hydrogens (tertiary/aromatic N) is 2. The van der Waals surface area contributed by atoms with E-state index in [1.54, 1.807) is 11.3 Å². The lowest BCUT2D eigenvalue weighted by atomic mass is 9.96. The summed E-state index contributed by atoms with van der Waals surface area (Å²) in [5.41, 5.74) is 0. The summed E-state index contributed by atoms with van der Waals surface area (Å²) in [4.78, 5) is 11.3. The van der Waals surface area contributed by atoms with Gasteiger partial charge in [-0.1, -0.05) is 6.92 Å². The molecule has 0 saturated heterocycles. The molecule has 2 aromatic heterocycles. The molecule has 1 aliphatic rings. The van der Waals surface area contributed by atoms with Gasteiger partial charge in [0.15, 0.2) is 0 Å². The molecule has 4 nitrogen and oxygen atoms in total. The number of hydrogen-bond donors (Lipinski definition) is 1. The van der Waals surface area contributed by atoms with Gasteiger partial charge in [-0.15, -0.1) is 11.3 Å². The predicted molar refractivity (Wildman–Crippen MR) is 74.6 cm³/mol. The molecule has 0 spiro atoms. The third-order valence-corrected chi connectivity index (χ3v) is 4.48. The zero-order valence-electron chi connectivity index (χ0n) is 10.7. The number of hydrogen-bond acceptors (Lipinski definition) is 5. The summed E-state index contributed by atoms with van der Waals surface area (Å²) < 4.78 is 5.98. The van der Waals surface area contributed by atoms with Crippen LogP contribution in [0.5, 0.6) is 5.88 Å². The second kappa shape index (κ2) is 4.72. The zero-order chi connectivity index (χ0) is 12.5. The molecule has 1 fully saturated rings. The van der Waals surface area contributed by atoms with Crippen LogP contribution >= 0.6 is 11.3 Å². The van der Waals surface area contributed by atoms with Gasteiger partial charge in [-0.2, -0.15) is 4.98 Å². The number of ether oxygens (including phenoxy) is 1. The van der Waals surface area contributed by atoms with E-state index in [0.717, 1.165) is 35.4 Å². The van der Waals surface area contributed by atoms with Crippen molar-refractivity contribution in [3.63, 3.8) is 0 Å². The van der Waals surface area contributed by atoms with E-state index in [2.05, 4.69) is 28.3 Å². The molecule has 0 amide bonds. The fourth-order valence-corrected chi connectivity index (χ4v) is 2.93. The number of thiophene rings is 1. The van der Waals surface area contributed by atoms with E-state index in [0.29, 0.717) is 12.1 Å². The molecule has 96 valence electrons. The van der Waals surface area contributed by atoms with Gasteiger partial charge in [0, 0.05) is 11.9 Å². The van der Waals surface area contributed by atoms with Gasteiger partial charge in [0.05, 0.1) is 5.39 Å². The van der Waals surface area contributed by atoms with Crippen LogP contribution in [-0.2, 0) is 6.42 Å². The van der Waals surface area contributed by atoms with Crippen LogP contribution in [0.3, 0.4) is 0 Å². The first-order valence-electron chi connectivity index (χ1n) is 6.45. The molecule has 0 atom stereocenters. The minimum absolute atomic E-state index is 0.345. The first-order chi connectivity index (χ1) is 8.80. The first-order valence-corrected chi connectivity index (χ1v) is 7.26. The SMILES string of the molecule is CCc1cc2c(OC3CCC3)nc(NC)nc2s1. The monoisotopic (exact) mass is 263 g/mol. The minimum Gasteiger partial charge on any atom is -0.474 e. The molecule has 0 bridgehead atoms. The van der Waals surface area contributed by atoms with Crippen LogP contribution in [-0.4, -0.2) is 23.1 Å². The molecule has 18 heavy (non-hydrogen) atoms. The first kappa shape index (κ1) is 11.7. The molecule has 0 aromatic carbocycles. The molecule has 0 aliphatic heterocycles. The van der Waals surface area contributed by atoms with Crippen LogP contribution in [0.4, 0.5) is 5.95 Å². The van der Waals surface area contributed by atoms with Crippen molar-refractivity contribution in [2.75, 3.05) is 12.4 Å². The Kier molecular flexibility index (Phi) is 3.07. The Morgan fingerprint density at radius 3 is 2.89 bits per heavy atom. The van der Waals surface area contributed by atoms with Crippen molar-refractivity contribution in [1.82, 2.24) is 9.97 Å². The molecular formula is C13H17N3OS. The van der Waals surface area contributed by atoms with Crippen molar-refractivity contribution >= 4 is 27.5 Å². The standard InChI is InChI=1S/C13H17N3OS/c1-3-9-7-10-11(17-8-5-4-6-8)15-13(14-2)16-12(10)18-9/h7-8H,3-6H2,1-2H3,(H,14,15,16). The summed E-state index contributed by atoms with van der Waals surface area (Å²) in [5.74, 6) is 1.38. The number of fused-ring (bicyclic) bond motifs is 1. The second-order valence-corrected chi connectivity index (χ2v) is 5.67. The normalized spacial score (nSPS) is 15.7. The molecule has 1 saturated carbocycles. The van der Waals surface area contributed by atoms with Crippen LogP contribution in [0.2, 0.25) is 0 Å². The third-order valence-electron chi connectivity index (χ3n) is 3.31. The Hall–Kier alpha value is -1.36. The van der Waals surface area contributed by atoms with Crippen molar-refractivity contribution in [3.8, 4) is 5.88 Å². The van der Waals surface area contributed by atoms with Crippen molar-refractivity contribution in [1.29, 1.82) is 0 Å². The van der Waals surface area contributed by atoms with E-state index in [9.17, 15) is 0 Å². The average Bonchev–Trinajstić information content (AvgIpc) is 2.76. The van der Waals surface area contributed by atoms with E-state index in [-0.39, 0.29) is 0 Å². The van der Waals surface area contributed by atoms with Crippen LogP contribution in [0, 0.1) is 0 Å². The Bertz CT molecular complexity index is 563. The molecule has 2 aromatic rings. The number of rotatable bonds is 4. The topological polar surface area (TPSA) is 47.0 Å². The van der Waals surface area contributed by atoms with E-state index in [1.807, 2.05) is 7.05 Å². The largest absolute Gasteiger partial charge is 0.474 e. The molecule has 0 radical (unpaired) electrons. The lowest BCUT2D eigenvalue weighted by Gasteiger charge is -2.26. The van der Waals surface area contributed by atoms with Crippen molar-refractivity contribution in [2.45, 2.75) is 38.7 Å². The third kappa shape index (κ3) is 2.03. The predicted octanol–water partition coefficient (Wildman–Crippen LogP) is 3.23. The Morgan fingerprint density at radius 2 is 2.28 bits per heavy atom. The minimum atomic E-state index is 0.345.